The van der Waals surface area contributed by atoms with E-state index in [0.717, 1.165) is 17.9 Å². The summed E-state index contributed by atoms with van der Waals surface area (Å²) in [5.41, 5.74) is 1.58. The van der Waals surface area contributed by atoms with Crippen LogP contribution in [0.5, 0.6) is 5.88 Å². The number of ether oxygens (including phenoxy) is 1. The van der Waals surface area contributed by atoms with E-state index in [2.05, 4.69) is 10.3 Å². The van der Waals surface area contributed by atoms with E-state index in [0.29, 0.717) is 22.7 Å². The Kier molecular flexibility index (Phi) is 4.79. The molecular formula is C17H15N3O2S. The number of thioether (sulfide) groups is 1. The van der Waals surface area contributed by atoms with E-state index in [1.54, 1.807) is 42.6 Å². The van der Waals surface area contributed by atoms with Gasteiger partial charge in [-0.25, -0.2) is 4.98 Å². The van der Waals surface area contributed by atoms with Gasteiger partial charge in [-0.05, 0) is 48.6 Å². The molecule has 1 aliphatic heterocycles. The van der Waals surface area contributed by atoms with E-state index in [1.165, 1.54) is 0 Å². The van der Waals surface area contributed by atoms with Crippen LogP contribution in [0, 0.1) is 11.3 Å². The molecule has 1 aliphatic rings. The zero-order valence-electron chi connectivity index (χ0n) is 12.4. The molecule has 2 aromatic rings. The minimum atomic E-state index is -0.275. The second-order valence-corrected chi connectivity index (χ2v) is 6.25. The average molecular weight is 325 g/mol. The maximum absolute atomic E-state index is 12.5. The summed E-state index contributed by atoms with van der Waals surface area (Å²) in [5.74, 6) is 2.09. The van der Waals surface area contributed by atoms with Crippen LogP contribution in [-0.2, 0) is 0 Å². The molecule has 3 rings (SSSR count). The number of carbonyl (C=O) groups is 1. The minimum absolute atomic E-state index is 0.108. The predicted molar refractivity (Wildman–Crippen MR) is 89.7 cm³/mol. The first-order valence-electron chi connectivity index (χ1n) is 7.27. The van der Waals surface area contributed by atoms with Crippen molar-refractivity contribution in [3.05, 3.63) is 53.7 Å². The van der Waals surface area contributed by atoms with Crippen molar-refractivity contribution in [2.45, 2.75) is 12.5 Å². The highest BCUT2D eigenvalue weighted by molar-refractivity contribution is 7.99. The van der Waals surface area contributed by atoms with E-state index in [9.17, 15) is 4.79 Å². The van der Waals surface area contributed by atoms with Crippen molar-refractivity contribution >= 4 is 23.4 Å². The number of amides is 1. The molecule has 1 fully saturated rings. The molecule has 2 heterocycles. The molecule has 1 unspecified atom stereocenters. The summed E-state index contributed by atoms with van der Waals surface area (Å²) in [7, 11) is 0. The predicted octanol–water partition coefficient (Wildman–Crippen LogP) is 3.09. The minimum Gasteiger partial charge on any atom is -0.473 e. The van der Waals surface area contributed by atoms with Crippen molar-refractivity contribution in [2.24, 2.45) is 0 Å². The second kappa shape index (κ2) is 7.16. The summed E-state index contributed by atoms with van der Waals surface area (Å²) in [6.07, 6.45) is 2.70. The molecule has 0 bridgehead atoms. The van der Waals surface area contributed by atoms with Crippen molar-refractivity contribution in [1.29, 1.82) is 5.26 Å². The maximum atomic E-state index is 12.5. The monoisotopic (exact) mass is 325 g/mol. The lowest BCUT2D eigenvalue weighted by Gasteiger charge is -2.14. The number of nitriles is 1. The van der Waals surface area contributed by atoms with E-state index in [-0.39, 0.29) is 12.0 Å². The van der Waals surface area contributed by atoms with Crippen LogP contribution in [-0.4, -0.2) is 28.5 Å². The Morgan fingerprint density at radius 2 is 2.17 bits per heavy atom. The number of hydrogen-bond donors (Lipinski definition) is 1. The van der Waals surface area contributed by atoms with Gasteiger partial charge >= 0.3 is 0 Å². The highest BCUT2D eigenvalue weighted by Gasteiger charge is 2.21. The smallest absolute Gasteiger partial charge is 0.261 e. The Hall–Kier alpha value is -2.52. The molecule has 1 aromatic carbocycles. The van der Waals surface area contributed by atoms with Gasteiger partial charge in [0.2, 0.25) is 5.88 Å². The average Bonchev–Trinajstić information content (AvgIpc) is 3.09. The summed E-state index contributed by atoms with van der Waals surface area (Å²) in [5, 5.41) is 11.6. The largest absolute Gasteiger partial charge is 0.473 e. The lowest BCUT2D eigenvalue weighted by molar-refractivity contribution is 0.101. The van der Waals surface area contributed by atoms with Gasteiger partial charge in [-0.2, -0.15) is 17.0 Å². The highest BCUT2D eigenvalue weighted by Crippen LogP contribution is 2.24. The quantitative estimate of drug-likeness (QED) is 0.935. The van der Waals surface area contributed by atoms with Gasteiger partial charge in [-0.15, -0.1) is 0 Å². The number of hydrogen-bond acceptors (Lipinski definition) is 5. The molecule has 116 valence electrons. The van der Waals surface area contributed by atoms with Gasteiger partial charge in [0, 0.05) is 17.6 Å². The topological polar surface area (TPSA) is 75.0 Å². The van der Waals surface area contributed by atoms with Crippen LogP contribution in [0.15, 0.2) is 42.6 Å². The van der Waals surface area contributed by atoms with Crippen LogP contribution >= 0.6 is 11.8 Å². The van der Waals surface area contributed by atoms with Gasteiger partial charge in [-0.1, -0.05) is 0 Å². The molecule has 0 spiro atoms. The van der Waals surface area contributed by atoms with Gasteiger partial charge < -0.3 is 10.1 Å². The van der Waals surface area contributed by atoms with E-state index in [4.69, 9.17) is 10.00 Å². The lowest BCUT2D eigenvalue weighted by Crippen LogP contribution is -2.20. The van der Waals surface area contributed by atoms with Crippen LogP contribution in [0.4, 0.5) is 5.69 Å². The third-order valence-electron chi connectivity index (χ3n) is 3.45. The Labute approximate surface area is 138 Å². The Morgan fingerprint density at radius 3 is 2.87 bits per heavy atom. The fraction of sp³-hybridized carbons (Fsp3) is 0.235. The van der Waals surface area contributed by atoms with Crippen molar-refractivity contribution in [3.63, 3.8) is 0 Å². The zero-order valence-corrected chi connectivity index (χ0v) is 13.2. The molecule has 6 heteroatoms. The molecule has 5 nitrogen and oxygen atoms in total. The molecule has 1 atom stereocenters. The number of rotatable bonds is 4. The number of pyridine rings is 1. The summed E-state index contributed by atoms with van der Waals surface area (Å²) in [6, 6.07) is 12.2. The van der Waals surface area contributed by atoms with Gasteiger partial charge in [0.25, 0.3) is 5.91 Å². The summed E-state index contributed by atoms with van der Waals surface area (Å²) < 4.78 is 5.87. The van der Waals surface area contributed by atoms with E-state index in [1.807, 2.05) is 17.8 Å². The Balaban J connectivity index is 1.74. The van der Waals surface area contributed by atoms with E-state index >= 15 is 0 Å². The van der Waals surface area contributed by atoms with Crippen LogP contribution in [0.25, 0.3) is 0 Å². The maximum Gasteiger partial charge on any atom is 0.261 e. The van der Waals surface area contributed by atoms with Crippen molar-refractivity contribution in [3.8, 4) is 11.9 Å². The SMILES string of the molecule is N#Cc1ccc(NC(=O)c2cccnc2OC2CCSC2)cc1. The number of benzene rings is 1. The van der Waals surface area contributed by atoms with Crippen molar-refractivity contribution in [2.75, 3.05) is 16.8 Å². The number of nitrogens with zero attached hydrogens (tertiary/aromatic N) is 2. The summed E-state index contributed by atoms with van der Waals surface area (Å²) in [6.45, 7) is 0. The van der Waals surface area contributed by atoms with Crippen LogP contribution in [0.1, 0.15) is 22.3 Å². The number of nitrogens with one attached hydrogen (secondary N) is 1. The molecule has 23 heavy (non-hydrogen) atoms. The molecule has 1 N–H and O–H groups in total. The van der Waals surface area contributed by atoms with Gasteiger partial charge in [-0.3, -0.25) is 4.79 Å². The molecule has 1 aromatic heterocycles. The van der Waals surface area contributed by atoms with Crippen molar-refractivity contribution in [1.82, 2.24) is 4.98 Å². The molecule has 0 saturated carbocycles. The third kappa shape index (κ3) is 3.82. The fourth-order valence-electron chi connectivity index (χ4n) is 2.25. The van der Waals surface area contributed by atoms with Gasteiger partial charge in [0.05, 0.1) is 11.6 Å². The Morgan fingerprint density at radius 1 is 1.35 bits per heavy atom. The zero-order chi connectivity index (χ0) is 16.1. The van der Waals surface area contributed by atoms with Gasteiger partial charge in [0.15, 0.2) is 0 Å². The third-order valence-corrected chi connectivity index (χ3v) is 4.59. The second-order valence-electron chi connectivity index (χ2n) is 5.10. The number of aromatic nitrogens is 1. The molecule has 0 radical (unpaired) electrons. The molecule has 1 saturated heterocycles. The van der Waals surface area contributed by atoms with Crippen LogP contribution < -0.4 is 10.1 Å². The molecular weight excluding hydrogens is 310 g/mol. The van der Waals surface area contributed by atoms with Crippen molar-refractivity contribution < 1.29 is 9.53 Å². The molecule has 1 amide bonds. The van der Waals surface area contributed by atoms with Gasteiger partial charge in [0.1, 0.15) is 11.7 Å². The summed E-state index contributed by atoms with van der Waals surface area (Å²) >= 11 is 1.84. The summed E-state index contributed by atoms with van der Waals surface area (Å²) in [4.78, 5) is 16.7. The first-order chi connectivity index (χ1) is 11.3. The Bertz CT molecular complexity index is 734. The highest BCUT2D eigenvalue weighted by atomic mass is 32.2. The first kappa shape index (κ1) is 15.4. The number of anilines is 1. The van der Waals surface area contributed by atoms with Crippen LogP contribution in [0.3, 0.4) is 0 Å². The lowest BCUT2D eigenvalue weighted by atomic mass is 10.2. The molecule has 0 aliphatic carbocycles. The van der Waals surface area contributed by atoms with Crippen LogP contribution in [0.2, 0.25) is 0 Å². The first-order valence-corrected chi connectivity index (χ1v) is 8.42. The normalized spacial score (nSPS) is 16.6. The number of carbonyl (C=O) groups excluding carboxylic acids is 1. The fourth-order valence-corrected chi connectivity index (χ4v) is 3.34. The van der Waals surface area contributed by atoms with E-state index < -0.39 is 0 Å². The standard InChI is InChI=1S/C17H15N3O2S/c18-10-12-3-5-13(6-4-12)20-16(21)15-2-1-8-19-17(15)22-14-7-9-23-11-14/h1-6,8,14H,7,9,11H2,(H,20,21).